The van der Waals surface area contributed by atoms with Crippen LogP contribution in [-0.2, 0) is 15.1 Å². The Hall–Kier alpha value is -4.45. The summed E-state index contributed by atoms with van der Waals surface area (Å²) >= 11 is 0. The molecule has 2 bridgehead atoms. The first kappa shape index (κ1) is 23.9. The molecular weight excluding hydrogens is 490 g/mol. The number of fused-ring (bicyclic) bond motifs is 4. The normalized spacial score (nSPS) is 28.0. The average Bonchev–Trinajstić information content (AvgIpc) is 3.62. The number of rotatable bonds is 3. The van der Waals surface area contributed by atoms with Gasteiger partial charge in [-0.15, -0.1) is 0 Å². The molecule has 5 atom stereocenters. The fourth-order valence-corrected chi connectivity index (χ4v) is 5.73. The number of epoxide rings is 1. The van der Waals surface area contributed by atoms with E-state index >= 15 is 0 Å². The summed E-state index contributed by atoms with van der Waals surface area (Å²) < 4.78 is 6.14. The van der Waals surface area contributed by atoms with Gasteiger partial charge in [0.1, 0.15) is 11.8 Å². The van der Waals surface area contributed by atoms with Crippen LogP contribution in [0.2, 0.25) is 0 Å². The number of aromatic hydroxyl groups is 1. The van der Waals surface area contributed by atoms with E-state index in [2.05, 4.69) is 34.3 Å². The fourth-order valence-electron chi connectivity index (χ4n) is 5.73. The maximum absolute atomic E-state index is 13.8. The highest BCUT2D eigenvalue weighted by Gasteiger charge is 2.82. The van der Waals surface area contributed by atoms with Gasteiger partial charge in [0.2, 0.25) is 5.91 Å². The van der Waals surface area contributed by atoms with Crippen LogP contribution in [0, 0.1) is 23.7 Å². The highest BCUT2D eigenvalue weighted by atomic mass is 16.7. The SMILES string of the molecule is C[C@@H](O)[C@@]12O[C@]13c1cc(O)c4c(c1N[C@H]2C#CC=CC#C[C@H]3O)C(=O)c1ccc(NC(=O)CN)cc1C4=O. The van der Waals surface area contributed by atoms with Crippen LogP contribution in [0.3, 0.4) is 0 Å². The summed E-state index contributed by atoms with van der Waals surface area (Å²) in [5.41, 5.74) is 2.59. The average molecular weight is 511 g/mol. The summed E-state index contributed by atoms with van der Waals surface area (Å²) in [6.45, 7) is 1.23. The molecule has 38 heavy (non-hydrogen) atoms. The number of hydrogen-bond acceptors (Lipinski definition) is 9. The van der Waals surface area contributed by atoms with Crippen LogP contribution in [-0.4, -0.2) is 63.2 Å². The summed E-state index contributed by atoms with van der Waals surface area (Å²) in [6, 6.07) is 4.59. The second-order valence-electron chi connectivity index (χ2n) is 9.44. The molecule has 4 aliphatic rings. The maximum atomic E-state index is 13.8. The smallest absolute Gasteiger partial charge is 0.238 e. The molecule has 1 saturated heterocycles. The van der Waals surface area contributed by atoms with Gasteiger partial charge in [0.15, 0.2) is 28.9 Å². The lowest BCUT2D eigenvalue weighted by Crippen LogP contribution is -2.54. The van der Waals surface area contributed by atoms with Crippen molar-refractivity contribution in [3.63, 3.8) is 0 Å². The summed E-state index contributed by atoms with van der Waals surface area (Å²) in [5, 5.41) is 38.8. The van der Waals surface area contributed by atoms with Crippen molar-refractivity contribution < 1.29 is 34.4 Å². The lowest BCUT2D eigenvalue weighted by Gasteiger charge is -2.37. The van der Waals surface area contributed by atoms with Crippen LogP contribution in [0.5, 0.6) is 5.75 Å². The van der Waals surface area contributed by atoms with E-state index in [1.165, 1.54) is 43.3 Å². The Morgan fingerprint density at radius 3 is 2.58 bits per heavy atom. The van der Waals surface area contributed by atoms with Crippen molar-refractivity contribution in [1.82, 2.24) is 0 Å². The number of ketones is 2. The van der Waals surface area contributed by atoms with E-state index in [0.29, 0.717) is 0 Å². The van der Waals surface area contributed by atoms with Crippen molar-refractivity contribution in [2.24, 2.45) is 5.73 Å². The topological polar surface area (TPSA) is 175 Å². The van der Waals surface area contributed by atoms with E-state index in [-0.39, 0.29) is 45.7 Å². The first-order valence-corrected chi connectivity index (χ1v) is 11.8. The number of nitrogens with two attached hydrogens (primary N) is 1. The second kappa shape index (κ2) is 8.02. The first-order chi connectivity index (χ1) is 18.2. The van der Waals surface area contributed by atoms with Crippen molar-refractivity contribution in [1.29, 1.82) is 0 Å². The van der Waals surface area contributed by atoms with E-state index in [1.54, 1.807) is 0 Å². The van der Waals surface area contributed by atoms with Crippen LogP contribution >= 0.6 is 0 Å². The van der Waals surface area contributed by atoms with Crippen molar-refractivity contribution in [2.75, 3.05) is 17.2 Å². The second-order valence-corrected chi connectivity index (χ2v) is 9.44. The van der Waals surface area contributed by atoms with Crippen LogP contribution in [0.25, 0.3) is 0 Å². The molecule has 1 fully saturated rings. The Bertz CT molecular complexity index is 1640. The minimum atomic E-state index is -1.63. The molecule has 0 radical (unpaired) electrons. The number of hydrogen-bond donors (Lipinski definition) is 6. The number of amides is 1. The van der Waals surface area contributed by atoms with Gasteiger partial charge in [-0.3, -0.25) is 14.4 Å². The number of allylic oxidation sites excluding steroid dienone is 2. The molecule has 2 aliphatic heterocycles. The van der Waals surface area contributed by atoms with Crippen LogP contribution in [0.1, 0.15) is 44.3 Å². The molecule has 2 aliphatic carbocycles. The summed E-state index contributed by atoms with van der Waals surface area (Å²) in [5.74, 6) is 8.99. The molecular formula is C28H21N3O7. The lowest BCUT2D eigenvalue weighted by atomic mass is 9.69. The van der Waals surface area contributed by atoms with E-state index in [1.807, 2.05) is 0 Å². The Morgan fingerprint density at radius 2 is 1.87 bits per heavy atom. The minimum absolute atomic E-state index is 0.000813. The number of aliphatic hydroxyl groups is 2. The number of benzene rings is 2. The third-order valence-electron chi connectivity index (χ3n) is 7.43. The van der Waals surface area contributed by atoms with Gasteiger partial charge in [-0.2, -0.15) is 0 Å². The number of carbonyl (C=O) groups is 3. The van der Waals surface area contributed by atoms with E-state index < -0.39 is 52.7 Å². The lowest BCUT2D eigenvalue weighted by molar-refractivity contribution is -0.114. The molecule has 6 rings (SSSR count). The van der Waals surface area contributed by atoms with Gasteiger partial charge in [0.05, 0.1) is 29.5 Å². The van der Waals surface area contributed by atoms with Gasteiger partial charge in [0.25, 0.3) is 0 Å². The number of anilines is 2. The first-order valence-electron chi connectivity index (χ1n) is 11.8. The van der Waals surface area contributed by atoms with Gasteiger partial charge >= 0.3 is 0 Å². The third-order valence-corrected chi connectivity index (χ3v) is 7.43. The molecule has 0 spiro atoms. The van der Waals surface area contributed by atoms with Crippen molar-refractivity contribution >= 4 is 28.8 Å². The molecule has 0 aromatic heterocycles. The quantitative estimate of drug-likeness (QED) is 0.162. The van der Waals surface area contributed by atoms with Gasteiger partial charge < -0.3 is 36.4 Å². The molecule has 2 heterocycles. The molecule has 2 aromatic carbocycles. The standard InChI is InChI=1S/C28H21N3O7/c1-13(32)27-19-6-4-2-3-5-7-20(34)28(27,38-27)17-11-18(33)22-23(24(17)31-19)25(36)15-9-8-14(30-21(35)12-29)10-16(15)26(22)37/h2-3,8-11,13,19-20,31-34H,12,29H2,1H3,(H,30,35)/t13-,19+,20-,27+,28+/m1/s1. The molecule has 190 valence electrons. The van der Waals surface area contributed by atoms with Crippen molar-refractivity contribution in [3.05, 3.63) is 64.2 Å². The fraction of sp³-hybridized carbons (Fsp3) is 0.250. The number of phenolic OH excluding ortho intramolecular Hbond substituents is 1. The summed E-state index contributed by atoms with van der Waals surface area (Å²) in [6.07, 6.45) is 0.355. The van der Waals surface area contributed by atoms with Gasteiger partial charge in [0, 0.05) is 22.4 Å². The zero-order valence-corrected chi connectivity index (χ0v) is 20.0. The van der Waals surface area contributed by atoms with E-state index in [9.17, 15) is 29.7 Å². The van der Waals surface area contributed by atoms with E-state index in [0.717, 1.165) is 0 Å². The number of carbonyl (C=O) groups excluding carboxylic acids is 3. The van der Waals surface area contributed by atoms with Crippen LogP contribution in [0.15, 0.2) is 36.4 Å². The molecule has 0 unspecified atom stereocenters. The summed E-state index contributed by atoms with van der Waals surface area (Å²) in [7, 11) is 0. The van der Waals surface area contributed by atoms with E-state index in [4.69, 9.17) is 10.5 Å². The molecule has 7 N–H and O–H groups in total. The van der Waals surface area contributed by atoms with Gasteiger partial charge in [-0.25, -0.2) is 0 Å². The molecule has 2 aromatic rings. The third kappa shape index (κ3) is 2.91. The monoisotopic (exact) mass is 511 g/mol. The molecule has 10 heteroatoms. The van der Waals surface area contributed by atoms with Crippen LogP contribution < -0.4 is 16.4 Å². The maximum Gasteiger partial charge on any atom is 0.238 e. The van der Waals surface area contributed by atoms with Gasteiger partial charge in [-0.05, 0) is 43.3 Å². The zero-order valence-electron chi connectivity index (χ0n) is 20.0. The molecule has 10 nitrogen and oxygen atoms in total. The predicted molar refractivity (Wildman–Crippen MR) is 134 cm³/mol. The van der Waals surface area contributed by atoms with Crippen molar-refractivity contribution in [3.8, 4) is 29.4 Å². The highest BCUT2D eigenvalue weighted by Crippen LogP contribution is 2.67. The Balaban J connectivity index is 1.58. The highest BCUT2D eigenvalue weighted by molar-refractivity contribution is 6.31. The van der Waals surface area contributed by atoms with Gasteiger partial charge in [-0.1, -0.05) is 23.7 Å². The Morgan fingerprint density at radius 1 is 1.16 bits per heavy atom. The number of phenols is 1. The largest absolute Gasteiger partial charge is 0.507 e. The minimum Gasteiger partial charge on any atom is -0.507 e. The number of ether oxygens (including phenoxy) is 1. The molecule has 1 amide bonds. The number of nitrogens with one attached hydrogen (secondary N) is 2. The van der Waals surface area contributed by atoms with Crippen LogP contribution in [0.4, 0.5) is 11.4 Å². The molecule has 0 saturated carbocycles. The Kier molecular flexibility index (Phi) is 5.05. The summed E-state index contributed by atoms with van der Waals surface area (Å²) in [4.78, 5) is 39.2. The Labute approximate surface area is 216 Å². The number of aliphatic hydroxyl groups excluding tert-OH is 2. The zero-order chi connectivity index (χ0) is 27.0. The van der Waals surface area contributed by atoms with Crippen molar-refractivity contribution in [2.45, 2.75) is 36.4 Å². The predicted octanol–water partition coefficient (Wildman–Crippen LogP) is 0.141.